The number of phenolic OH excluding ortho intramolecular Hbond substituents is 1. The highest BCUT2D eigenvalue weighted by atomic mass is 32.2. The molecule has 0 fully saturated rings. The molecule has 9 N–H and O–H groups in total. The maximum Gasteiger partial charge on any atom is 0.296 e. The van der Waals surface area contributed by atoms with Gasteiger partial charge in [0, 0.05) is 23.4 Å². The summed E-state index contributed by atoms with van der Waals surface area (Å²) in [7, 11) is -17.0. The number of Topliss-reactive ketones (excluding diaryl/α,β-unsaturated/α-hetero) is 1. The van der Waals surface area contributed by atoms with Gasteiger partial charge in [0.2, 0.25) is 23.0 Å². The lowest BCUT2D eigenvalue weighted by molar-refractivity contribution is 0.106. The van der Waals surface area contributed by atoms with E-state index in [1.165, 1.54) is 44.6 Å². The number of hydrogen-bond donors (Lipinski definition) is 9. The Morgan fingerprint density at radius 1 is 0.649 bits per heavy atom. The molecule has 0 spiro atoms. The largest absolute Gasteiger partial charge is 0.507 e. The highest BCUT2D eigenvalue weighted by Gasteiger charge is 2.33. The van der Waals surface area contributed by atoms with Crippen molar-refractivity contribution in [2.45, 2.75) is 21.6 Å². The van der Waals surface area contributed by atoms with E-state index in [1.807, 2.05) is 0 Å². The second-order valence-electron chi connectivity index (χ2n) is 15.5. The van der Waals surface area contributed by atoms with Gasteiger partial charge < -0.3 is 19.9 Å². The molecule has 1 aliphatic rings. The number of phenols is 1. The number of H-pyrrole nitrogens is 2. The Morgan fingerprint density at radius 2 is 1.31 bits per heavy atom. The summed E-state index contributed by atoms with van der Waals surface area (Å²) < 4.78 is 147. The van der Waals surface area contributed by atoms with E-state index in [1.54, 1.807) is 43.3 Å². The first kappa shape index (κ1) is 51.9. The monoisotopic (exact) mass is 1090 g/mol. The molecule has 1 aliphatic carbocycles. The van der Waals surface area contributed by atoms with Gasteiger partial charge in [-0.15, -0.1) is 5.11 Å². The summed E-state index contributed by atoms with van der Waals surface area (Å²) in [6, 6.07) is 22.3. The van der Waals surface area contributed by atoms with Crippen LogP contribution in [0.1, 0.15) is 21.5 Å². The first-order valence-corrected chi connectivity index (χ1v) is 26.4. The number of anilines is 3. The molecule has 8 rings (SSSR count). The van der Waals surface area contributed by atoms with Crippen molar-refractivity contribution in [1.29, 1.82) is 0 Å². The molecule has 0 bridgehead atoms. The summed E-state index contributed by atoms with van der Waals surface area (Å²) in [6.07, 6.45) is 0.985. The zero-order chi connectivity index (χ0) is 53.5. The molecule has 0 aliphatic heterocycles. The lowest BCUT2D eigenvalue weighted by Gasteiger charge is -2.18. The average molecular weight is 1090 g/mol. The number of azo groups is 1. The number of carbonyl (C=O) groups excluding carboxylic acids is 1. The van der Waals surface area contributed by atoms with Gasteiger partial charge in [0.25, 0.3) is 40.5 Å². The normalized spacial score (nSPS) is 14.3. The van der Waals surface area contributed by atoms with E-state index in [0.29, 0.717) is 11.3 Å². The Bertz CT molecular complexity index is 4210. The zero-order valence-electron chi connectivity index (χ0n) is 37.9. The molecule has 26 nitrogen and oxygen atoms in total. The maximum absolute atomic E-state index is 13.8. The number of aromatic hydroxyl groups is 1. The third-order valence-corrected chi connectivity index (χ3v) is 13.9. The predicted molar refractivity (Wildman–Crippen MR) is 264 cm³/mol. The van der Waals surface area contributed by atoms with Crippen LogP contribution in [0.4, 0.5) is 40.1 Å². The lowest BCUT2D eigenvalue weighted by atomic mass is 9.94. The Kier molecular flexibility index (Phi) is 13.9. The van der Waals surface area contributed by atoms with Crippen molar-refractivity contribution < 1.29 is 71.3 Å². The Morgan fingerprint density at radius 3 is 1.96 bits per heavy atom. The van der Waals surface area contributed by atoms with Gasteiger partial charge in [-0.3, -0.25) is 38.4 Å². The molecule has 7 aromatic rings. The number of aromatic amines is 2. The summed E-state index contributed by atoms with van der Waals surface area (Å²) >= 11 is 0. The van der Waals surface area contributed by atoms with Crippen molar-refractivity contribution in [2.24, 2.45) is 25.3 Å². The number of hydrogen-bond acceptors (Lipinski definition) is 20. The third kappa shape index (κ3) is 11.4. The van der Waals surface area contributed by atoms with Gasteiger partial charge in [0.1, 0.15) is 27.8 Å². The van der Waals surface area contributed by atoms with Crippen LogP contribution in [0, 0.1) is 6.92 Å². The number of nitrogens with zero attached hydrogens (tertiary/aromatic N) is 6. The van der Waals surface area contributed by atoms with Crippen LogP contribution in [0.3, 0.4) is 0 Å². The van der Waals surface area contributed by atoms with Crippen molar-refractivity contribution in [3.05, 3.63) is 136 Å². The fraction of sp³-hybridized carbons (Fsp3) is 0.0682. The van der Waals surface area contributed by atoms with Crippen LogP contribution in [0.15, 0.2) is 148 Å². The number of carbonyl (C=O) groups is 1. The van der Waals surface area contributed by atoms with Gasteiger partial charge in [-0.25, -0.2) is 9.98 Å². The number of allylic oxidation sites excluding steroid dienone is 1. The SMILES string of the molecule is COc1cc(N=Nc2cc(S(=O)(=O)O)cc3cc(S(=O)(=O)O)cc(O)c23)c(C)cc1N=c1[nH]c(Nc2ccc3c(c2)C=C(S(=O)(=O)O)/C(=N\Nc2cc(S(=O)(=O)O)ccc2OC)C3=O)nc(=Nc2ccccc2)[nH]1. The van der Waals surface area contributed by atoms with Crippen LogP contribution in [0.2, 0.25) is 0 Å². The molecule has 0 saturated heterocycles. The standard InChI is InChI=1S/C44H36N10O16S4/c1-22-13-32(37(70-3)21-31(22)51-53-34-19-28(72(60,61)62)15-24-16-29(73(63,64)65)20-35(55)39(24)34)47-44-49-42(45-25-7-5-4-6-8-25)48-43(50-44)46-26-9-11-30-23(14-26)17-38(74(66,67)68)40(41(30)56)54-52-33-18-27(71(57,58)59)10-12-36(33)69-2/h4-21,52,55H,1-3H3,(H,57,58,59)(H,60,61,62)(H,63,64,65)(H,66,67,68)(H3,45,46,47,48,49,50)/b53-51?,54-40+. The minimum absolute atomic E-state index is 0.00167. The first-order valence-electron chi connectivity index (χ1n) is 20.6. The third-order valence-electron chi connectivity index (χ3n) is 10.6. The molecule has 6 aromatic carbocycles. The molecule has 0 unspecified atom stereocenters. The van der Waals surface area contributed by atoms with E-state index in [4.69, 9.17) is 9.47 Å². The van der Waals surface area contributed by atoms with Crippen LogP contribution in [-0.2, 0) is 40.5 Å². The number of ketones is 1. The number of hydrazone groups is 1. The minimum atomic E-state index is -5.14. The summed E-state index contributed by atoms with van der Waals surface area (Å²) in [5.74, 6) is -1.56. The number of para-hydroxylation sites is 1. The zero-order valence-corrected chi connectivity index (χ0v) is 41.2. The molecule has 1 aromatic heterocycles. The molecule has 1 heterocycles. The van der Waals surface area contributed by atoms with Gasteiger partial charge in [0.15, 0.2) is 5.71 Å². The number of aromatic nitrogens is 3. The smallest absolute Gasteiger partial charge is 0.296 e. The molecule has 74 heavy (non-hydrogen) atoms. The number of aryl methyl sites for hydroxylation is 1. The number of methoxy groups -OCH3 is 2. The molecule has 0 atom stereocenters. The highest BCUT2D eigenvalue weighted by Crippen LogP contribution is 2.41. The second-order valence-corrected chi connectivity index (χ2v) is 21.2. The van der Waals surface area contributed by atoms with E-state index < -0.39 is 77.3 Å². The van der Waals surface area contributed by atoms with Crippen molar-refractivity contribution >= 4 is 109 Å². The lowest BCUT2D eigenvalue weighted by Crippen LogP contribution is -2.28. The van der Waals surface area contributed by atoms with E-state index >= 15 is 0 Å². The molecular formula is C44H36N10O16S4. The van der Waals surface area contributed by atoms with Gasteiger partial charge in [-0.05, 0) is 102 Å². The summed E-state index contributed by atoms with van der Waals surface area (Å²) in [6.45, 7) is 1.62. The minimum Gasteiger partial charge on any atom is -0.507 e. The summed E-state index contributed by atoms with van der Waals surface area (Å²) in [4.78, 5) is 30.6. The van der Waals surface area contributed by atoms with Crippen LogP contribution in [-0.4, -0.2) is 97.7 Å². The van der Waals surface area contributed by atoms with Crippen molar-refractivity contribution in [1.82, 2.24) is 15.0 Å². The molecule has 0 saturated carbocycles. The number of fused-ring (bicyclic) bond motifs is 2. The van der Waals surface area contributed by atoms with Gasteiger partial charge in [-0.2, -0.15) is 48.9 Å². The topological polar surface area (TPSA) is 404 Å². The number of ether oxygens (including phenoxy) is 2. The van der Waals surface area contributed by atoms with E-state index in [9.17, 15) is 61.8 Å². The number of benzene rings is 6. The van der Waals surface area contributed by atoms with Crippen molar-refractivity contribution in [3.8, 4) is 17.2 Å². The Hall–Kier alpha value is -8.49. The van der Waals surface area contributed by atoms with Crippen molar-refractivity contribution in [2.75, 3.05) is 25.0 Å². The quantitative estimate of drug-likeness (QED) is 0.0333. The summed E-state index contributed by atoms with van der Waals surface area (Å²) in [5, 5.41) is 25.6. The Labute approximate surface area is 418 Å². The van der Waals surface area contributed by atoms with E-state index in [2.05, 4.69) is 51.0 Å². The van der Waals surface area contributed by atoms with Crippen molar-refractivity contribution in [3.63, 3.8) is 0 Å². The van der Waals surface area contributed by atoms with E-state index in [0.717, 1.165) is 42.5 Å². The average Bonchev–Trinajstić information content (AvgIpc) is 3.32. The summed E-state index contributed by atoms with van der Waals surface area (Å²) in [5.41, 5.74) is 2.55. The molecular weight excluding hydrogens is 1050 g/mol. The van der Waals surface area contributed by atoms with Gasteiger partial charge in [0.05, 0.1) is 57.0 Å². The molecule has 0 amide bonds. The maximum atomic E-state index is 13.8. The fourth-order valence-electron chi connectivity index (χ4n) is 7.15. The van der Waals surface area contributed by atoms with Crippen LogP contribution < -0.4 is 31.5 Å². The molecule has 0 radical (unpaired) electrons. The number of nitrogens with one attached hydrogen (secondary N) is 4. The van der Waals surface area contributed by atoms with Gasteiger partial charge >= 0.3 is 0 Å². The Balaban J connectivity index is 1.17. The predicted octanol–water partition coefficient (Wildman–Crippen LogP) is 6.18. The van der Waals surface area contributed by atoms with E-state index in [-0.39, 0.29) is 79.0 Å². The fourth-order valence-corrected chi connectivity index (χ4v) is 9.39. The second kappa shape index (κ2) is 19.8. The van der Waals surface area contributed by atoms with Crippen LogP contribution >= 0.6 is 0 Å². The number of rotatable bonds is 14. The van der Waals surface area contributed by atoms with Crippen LogP contribution in [0.5, 0.6) is 17.2 Å². The first-order chi connectivity index (χ1) is 34.8. The van der Waals surface area contributed by atoms with Gasteiger partial charge in [-0.1, -0.05) is 18.2 Å². The van der Waals surface area contributed by atoms with Crippen LogP contribution in [0.25, 0.3) is 16.8 Å². The highest BCUT2D eigenvalue weighted by molar-refractivity contribution is 7.91. The molecule has 30 heteroatoms. The molecule has 382 valence electrons.